The molecule has 1 N–H and O–H groups in total. The Balaban J connectivity index is 1.60. The molecule has 1 atom stereocenters. The zero-order valence-corrected chi connectivity index (χ0v) is 20.2. The van der Waals surface area contributed by atoms with Gasteiger partial charge in [-0.2, -0.15) is 5.10 Å². The maximum Gasteiger partial charge on any atom is 0.304 e. The first-order valence-electron chi connectivity index (χ1n) is 11.2. The van der Waals surface area contributed by atoms with Crippen LogP contribution in [0.1, 0.15) is 41.5 Å². The second kappa shape index (κ2) is 10.3. The average molecular weight is 470 g/mol. The maximum absolute atomic E-state index is 11.2. The van der Waals surface area contributed by atoms with Crippen molar-refractivity contribution in [1.82, 2.24) is 14.6 Å². The number of carboxylic acid groups (broad SMARTS) is 1. The van der Waals surface area contributed by atoms with Crippen LogP contribution in [0.3, 0.4) is 0 Å². The van der Waals surface area contributed by atoms with Crippen molar-refractivity contribution >= 4 is 11.6 Å². The molecule has 0 saturated heterocycles. The van der Waals surface area contributed by atoms with Crippen molar-refractivity contribution in [3.8, 4) is 34.5 Å². The van der Waals surface area contributed by atoms with Gasteiger partial charge in [0.2, 0.25) is 0 Å². The summed E-state index contributed by atoms with van der Waals surface area (Å²) in [6.45, 7) is 6.14. The summed E-state index contributed by atoms with van der Waals surface area (Å²) in [7, 11) is 1.67. The highest BCUT2D eigenvalue weighted by Gasteiger charge is 2.15. The number of carbonyl (C=O) groups is 1. The van der Waals surface area contributed by atoms with Crippen LogP contribution in [0.5, 0.6) is 11.5 Å². The van der Waals surface area contributed by atoms with E-state index in [1.807, 2.05) is 42.6 Å². The van der Waals surface area contributed by atoms with Gasteiger partial charge in [-0.25, -0.2) is 9.50 Å². The highest BCUT2D eigenvalue weighted by atomic mass is 16.5. The third kappa shape index (κ3) is 5.28. The van der Waals surface area contributed by atoms with Gasteiger partial charge in [0.25, 0.3) is 0 Å². The van der Waals surface area contributed by atoms with Crippen LogP contribution in [0, 0.1) is 25.7 Å². The number of carboxylic acids is 1. The number of hydrogen-bond acceptors (Lipinski definition) is 5. The Labute approximate surface area is 204 Å². The molecule has 0 amide bonds. The summed E-state index contributed by atoms with van der Waals surface area (Å²) in [4.78, 5) is 15.6. The minimum absolute atomic E-state index is 0.0388. The maximum atomic E-state index is 11.2. The highest BCUT2D eigenvalue weighted by Crippen LogP contribution is 2.32. The lowest BCUT2D eigenvalue weighted by Gasteiger charge is -2.15. The van der Waals surface area contributed by atoms with Crippen LogP contribution in [0.4, 0.5) is 0 Å². The van der Waals surface area contributed by atoms with Crippen molar-refractivity contribution in [3.05, 3.63) is 77.2 Å². The molecule has 0 saturated carbocycles. The molecule has 0 aliphatic heterocycles. The van der Waals surface area contributed by atoms with Gasteiger partial charge < -0.3 is 14.6 Å². The molecule has 0 radical (unpaired) electrons. The quantitative estimate of drug-likeness (QED) is 0.358. The second-order valence-electron chi connectivity index (χ2n) is 8.32. The molecule has 35 heavy (non-hydrogen) atoms. The van der Waals surface area contributed by atoms with Crippen molar-refractivity contribution in [3.63, 3.8) is 0 Å². The fraction of sp³-hybridized carbons (Fsp3) is 0.250. The molecule has 0 bridgehead atoms. The van der Waals surface area contributed by atoms with Crippen molar-refractivity contribution in [1.29, 1.82) is 0 Å². The lowest BCUT2D eigenvalue weighted by Crippen LogP contribution is -2.05. The van der Waals surface area contributed by atoms with Crippen LogP contribution < -0.4 is 9.47 Å². The number of aromatic nitrogens is 3. The van der Waals surface area contributed by atoms with Gasteiger partial charge in [-0.05, 0) is 73.4 Å². The monoisotopic (exact) mass is 469 g/mol. The minimum atomic E-state index is -0.877. The third-order valence-corrected chi connectivity index (χ3v) is 5.86. The van der Waals surface area contributed by atoms with Crippen LogP contribution in [0.15, 0.2) is 55.0 Å². The highest BCUT2D eigenvalue weighted by molar-refractivity contribution is 5.73. The van der Waals surface area contributed by atoms with Gasteiger partial charge in [0.05, 0.1) is 19.4 Å². The van der Waals surface area contributed by atoms with Crippen LogP contribution in [-0.4, -0.2) is 32.8 Å². The largest absolute Gasteiger partial charge is 0.497 e. The standard InChI is InChI=1S/C28H27N3O4/c1-5-6-21(14-26(32)33)20-7-9-24(10-8-20)35-16-23-13-22(15-31-28(23)29-17-30-31)27-18(2)11-25(34-4)12-19(27)3/h7-13,15,17,21H,14,16H2,1-4H3,(H,32,33)/t21-/m0/s1. The SMILES string of the molecule is CC#C[C@@H](CC(=O)O)c1ccc(OCc2cc(-c3c(C)cc(OC)cc3C)cn3ncnc23)cc1. The van der Waals surface area contributed by atoms with Crippen LogP contribution in [-0.2, 0) is 11.4 Å². The number of aliphatic carboxylic acids is 1. The smallest absolute Gasteiger partial charge is 0.304 e. The summed E-state index contributed by atoms with van der Waals surface area (Å²) in [5, 5.41) is 13.5. The molecule has 4 rings (SSSR count). The zero-order valence-electron chi connectivity index (χ0n) is 20.2. The Morgan fingerprint density at radius 2 is 1.83 bits per heavy atom. The van der Waals surface area contributed by atoms with Crippen molar-refractivity contribution < 1.29 is 19.4 Å². The molecule has 2 aromatic heterocycles. The predicted molar refractivity (Wildman–Crippen MR) is 134 cm³/mol. The lowest BCUT2D eigenvalue weighted by atomic mass is 9.95. The summed E-state index contributed by atoms with van der Waals surface area (Å²) < 4.78 is 13.3. The molecule has 0 unspecified atom stereocenters. The van der Waals surface area contributed by atoms with Gasteiger partial charge in [0.1, 0.15) is 24.4 Å². The number of ether oxygens (including phenoxy) is 2. The molecule has 0 aliphatic rings. The van der Waals surface area contributed by atoms with Crippen molar-refractivity contribution in [2.75, 3.05) is 7.11 Å². The Morgan fingerprint density at radius 1 is 1.11 bits per heavy atom. The third-order valence-electron chi connectivity index (χ3n) is 5.86. The van der Waals surface area contributed by atoms with E-state index in [0.717, 1.165) is 44.8 Å². The first-order valence-corrected chi connectivity index (χ1v) is 11.2. The average Bonchev–Trinajstić information content (AvgIpc) is 3.31. The molecule has 0 fully saturated rings. The van der Waals surface area contributed by atoms with E-state index in [4.69, 9.17) is 14.6 Å². The van der Waals surface area contributed by atoms with E-state index in [-0.39, 0.29) is 12.3 Å². The Hall–Kier alpha value is -4.31. The zero-order chi connectivity index (χ0) is 24.9. The summed E-state index contributed by atoms with van der Waals surface area (Å²) in [5.41, 5.74) is 6.83. The minimum Gasteiger partial charge on any atom is -0.497 e. The van der Waals surface area contributed by atoms with Crippen molar-refractivity contribution in [2.24, 2.45) is 0 Å². The molecule has 4 aromatic rings. The van der Waals surface area contributed by atoms with Gasteiger partial charge in [-0.3, -0.25) is 4.79 Å². The Bertz CT molecular complexity index is 1410. The molecular weight excluding hydrogens is 442 g/mol. The van der Waals surface area contributed by atoms with E-state index < -0.39 is 5.97 Å². The number of fused-ring (bicyclic) bond motifs is 1. The fourth-order valence-corrected chi connectivity index (χ4v) is 4.29. The number of hydrogen-bond donors (Lipinski definition) is 1. The molecule has 2 aromatic carbocycles. The molecule has 7 nitrogen and oxygen atoms in total. The first-order chi connectivity index (χ1) is 16.9. The number of methoxy groups -OCH3 is 1. The number of rotatable bonds is 8. The number of benzene rings is 2. The van der Waals surface area contributed by atoms with E-state index in [1.165, 1.54) is 6.33 Å². The van der Waals surface area contributed by atoms with Crippen LogP contribution >= 0.6 is 0 Å². The summed E-state index contributed by atoms with van der Waals surface area (Å²) >= 11 is 0. The van der Waals surface area contributed by atoms with Gasteiger partial charge >= 0.3 is 5.97 Å². The number of nitrogens with zero attached hydrogens (tertiary/aromatic N) is 3. The Morgan fingerprint density at radius 3 is 2.46 bits per heavy atom. The lowest BCUT2D eigenvalue weighted by molar-refractivity contribution is -0.137. The van der Waals surface area contributed by atoms with Gasteiger partial charge in [-0.1, -0.05) is 18.1 Å². The fourth-order valence-electron chi connectivity index (χ4n) is 4.29. The molecule has 2 heterocycles. The van der Waals surface area contributed by atoms with Crippen LogP contribution in [0.2, 0.25) is 0 Å². The van der Waals surface area contributed by atoms with Gasteiger partial charge in [0, 0.05) is 17.3 Å². The molecule has 0 spiro atoms. The summed E-state index contributed by atoms with van der Waals surface area (Å²) in [5.74, 6) is 6.05. The topological polar surface area (TPSA) is 86.0 Å². The normalized spacial score (nSPS) is 11.5. The summed E-state index contributed by atoms with van der Waals surface area (Å²) in [6.07, 6.45) is 3.46. The van der Waals surface area contributed by atoms with Gasteiger partial charge in [0.15, 0.2) is 5.65 Å². The van der Waals surface area contributed by atoms with Gasteiger partial charge in [-0.15, -0.1) is 5.92 Å². The molecule has 0 aliphatic carbocycles. The number of pyridine rings is 1. The van der Waals surface area contributed by atoms with E-state index in [1.54, 1.807) is 18.5 Å². The predicted octanol–water partition coefficient (Wildman–Crippen LogP) is 5.18. The first kappa shape index (κ1) is 23.8. The van der Waals surface area contributed by atoms with Crippen molar-refractivity contribution in [2.45, 2.75) is 39.7 Å². The number of aryl methyl sites for hydroxylation is 2. The molecular formula is C28H27N3O4. The van der Waals surface area contributed by atoms with E-state index >= 15 is 0 Å². The van der Waals surface area contributed by atoms with E-state index in [0.29, 0.717) is 12.4 Å². The van der Waals surface area contributed by atoms with E-state index in [2.05, 4.69) is 41.8 Å². The van der Waals surface area contributed by atoms with E-state index in [9.17, 15) is 4.79 Å². The molecule has 7 heteroatoms. The summed E-state index contributed by atoms with van der Waals surface area (Å²) in [6, 6.07) is 13.5. The Kier molecular flexibility index (Phi) is 7.02. The molecule has 178 valence electrons. The second-order valence-corrected chi connectivity index (χ2v) is 8.32. The van der Waals surface area contributed by atoms with Crippen LogP contribution in [0.25, 0.3) is 16.8 Å².